The van der Waals surface area contributed by atoms with Gasteiger partial charge in [-0.2, -0.15) is 0 Å². The zero-order chi connectivity index (χ0) is 13.0. The average Bonchev–Trinajstić information content (AvgIpc) is 2.89. The average molecular weight is 260 g/mol. The summed E-state index contributed by atoms with van der Waals surface area (Å²) < 4.78 is 0. The van der Waals surface area contributed by atoms with E-state index in [0.717, 1.165) is 18.8 Å². The SMILES string of the molecule is CCN(Cc1cccs1)c1ccc(C(C)=O)nc1. The molecule has 0 amide bonds. The first kappa shape index (κ1) is 12.8. The third-order valence-corrected chi connectivity index (χ3v) is 3.64. The Morgan fingerprint density at radius 1 is 1.39 bits per heavy atom. The molecule has 18 heavy (non-hydrogen) atoms. The molecule has 0 atom stereocenters. The lowest BCUT2D eigenvalue weighted by atomic mass is 10.2. The van der Waals surface area contributed by atoms with Gasteiger partial charge in [-0.15, -0.1) is 11.3 Å². The summed E-state index contributed by atoms with van der Waals surface area (Å²) in [6.45, 7) is 5.45. The predicted molar refractivity (Wildman–Crippen MR) is 75.3 cm³/mol. The molecule has 0 aromatic carbocycles. The fraction of sp³-hybridized carbons (Fsp3) is 0.286. The molecule has 0 saturated carbocycles. The third kappa shape index (κ3) is 2.96. The van der Waals surface area contributed by atoms with Crippen LogP contribution in [0.25, 0.3) is 0 Å². The maximum atomic E-state index is 11.2. The standard InChI is InChI=1S/C14H16N2OS/c1-3-16(10-13-5-4-8-18-13)12-6-7-14(11(2)17)15-9-12/h4-9H,3,10H2,1-2H3. The lowest BCUT2D eigenvalue weighted by Crippen LogP contribution is -2.21. The monoisotopic (exact) mass is 260 g/mol. The zero-order valence-electron chi connectivity index (χ0n) is 10.6. The highest BCUT2D eigenvalue weighted by Gasteiger charge is 2.07. The molecule has 0 aliphatic carbocycles. The van der Waals surface area contributed by atoms with Crippen LogP contribution in [0.4, 0.5) is 5.69 Å². The zero-order valence-corrected chi connectivity index (χ0v) is 11.4. The predicted octanol–water partition coefficient (Wildman–Crippen LogP) is 3.37. The van der Waals surface area contributed by atoms with E-state index < -0.39 is 0 Å². The number of rotatable bonds is 5. The van der Waals surface area contributed by atoms with Crippen LogP contribution in [-0.2, 0) is 6.54 Å². The summed E-state index contributed by atoms with van der Waals surface area (Å²) in [7, 11) is 0. The van der Waals surface area contributed by atoms with E-state index >= 15 is 0 Å². The molecule has 2 aromatic rings. The van der Waals surface area contributed by atoms with Crippen molar-refractivity contribution < 1.29 is 4.79 Å². The minimum Gasteiger partial charge on any atom is -0.365 e. The molecule has 0 bridgehead atoms. The van der Waals surface area contributed by atoms with Gasteiger partial charge in [0.2, 0.25) is 0 Å². The van der Waals surface area contributed by atoms with Gasteiger partial charge in [-0.1, -0.05) is 6.07 Å². The molecule has 0 fully saturated rings. The molecule has 0 aliphatic rings. The van der Waals surface area contributed by atoms with E-state index in [2.05, 4.69) is 34.3 Å². The molecular formula is C14H16N2OS. The first-order valence-electron chi connectivity index (χ1n) is 5.95. The summed E-state index contributed by atoms with van der Waals surface area (Å²) in [6.07, 6.45) is 1.77. The van der Waals surface area contributed by atoms with Crippen LogP contribution in [0.2, 0.25) is 0 Å². The van der Waals surface area contributed by atoms with Crippen LogP contribution < -0.4 is 4.90 Å². The fourth-order valence-electron chi connectivity index (χ4n) is 1.76. The van der Waals surface area contributed by atoms with Crippen molar-refractivity contribution in [3.05, 3.63) is 46.4 Å². The summed E-state index contributed by atoms with van der Waals surface area (Å²) in [5, 5.41) is 2.08. The van der Waals surface area contributed by atoms with E-state index in [-0.39, 0.29) is 5.78 Å². The first-order valence-corrected chi connectivity index (χ1v) is 6.83. The maximum Gasteiger partial charge on any atom is 0.178 e. The van der Waals surface area contributed by atoms with Crippen molar-refractivity contribution in [3.8, 4) is 0 Å². The number of Topliss-reactive ketones (excluding diaryl/α,β-unsaturated/α-hetero) is 1. The van der Waals surface area contributed by atoms with Crippen molar-refractivity contribution >= 4 is 22.8 Å². The van der Waals surface area contributed by atoms with E-state index in [1.54, 1.807) is 23.6 Å². The number of ketones is 1. The molecule has 2 rings (SSSR count). The van der Waals surface area contributed by atoms with Crippen molar-refractivity contribution in [2.45, 2.75) is 20.4 Å². The Hall–Kier alpha value is -1.68. The molecule has 0 unspecified atom stereocenters. The second-order valence-electron chi connectivity index (χ2n) is 4.05. The molecule has 94 valence electrons. The van der Waals surface area contributed by atoms with Crippen molar-refractivity contribution in [2.24, 2.45) is 0 Å². The van der Waals surface area contributed by atoms with Crippen LogP contribution in [0.15, 0.2) is 35.8 Å². The largest absolute Gasteiger partial charge is 0.365 e. The van der Waals surface area contributed by atoms with E-state index in [9.17, 15) is 4.79 Å². The number of thiophene rings is 1. The van der Waals surface area contributed by atoms with Gasteiger partial charge < -0.3 is 4.90 Å². The maximum absolute atomic E-state index is 11.2. The lowest BCUT2D eigenvalue weighted by molar-refractivity contribution is 0.101. The number of pyridine rings is 1. The number of hydrogen-bond acceptors (Lipinski definition) is 4. The molecular weight excluding hydrogens is 244 g/mol. The number of aromatic nitrogens is 1. The Morgan fingerprint density at radius 3 is 2.72 bits per heavy atom. The minimum absolute atomic E-state index is 0.00264. The van der Waals surface area contributed by atoms with Gasteiger partial charge in [0.15, 0.2) is 5.78 Å². The van der Waals surface area contributed by atoms with Crippen LogP contribution in [0, 0.1) is 0 Å². The van der Waals surface area contributed by atoms with Gasteiger partial charge in [0.05, 0.1) is 18.4 Å². The number of hydrogen-bond donors (Lipinski definition) is 0. The van der Waals surface area contributed by atoms with Crippen LogP contribution in [0.3, 0.4) is 0 Å². The van der Waals surface area contributed by atoms with E-state index in [1.165, 1.54) is 11.8 Å². The second-order valence-corrected chi connectivity index (χ2v) is 5.08. The van der Waals surface area contributed by atoms with Gasteiger partial charge in [0, 0.05) is 18.3 Å². The molecule has 0 N–H and O–H groups in total. The van der Waals surface area contributed by atoms with Gasteiger partial charge in [-0.05, 0) is 30.5 Å². The molecule has 0 aliphatic heterocycles. The number of carbonyl (C=O) groups is 1. The van der Waals surface area contributed by atoms with Crippen LogP contribution in [0.5, 0.6) is 0 Å². The van der Waals surface area contributed by atoms with E-state index in [1.807, 2.05) is 6.07 Å². The molecule has 0 radical (unpaired) electrons. The van der Waals surface area contributed by atoms with Gasteiger partial charge in [0.25, 0.3) is 0 Å². The number of carbonyl (C=O) groups excluding carboxylic acids is 1. The molecule has 0 saturated heterocycles. The minimum atomic E-state index is 0.00264. The van der Waals surface area contributed by atoms with Crippen LogP contribution in [0.1, 0.15) is 29.2 Å². The Kier molecular flexibility index (Phi) is 4.10. The molecule has 2 aromatic heterocycles. The number of anilines is 1. The smallest absolute Gasteiger partial charge is 0.178 e. The lowest BCUT2D eigenvalue weighted by Gasteiger charge is -2.22. The Labute approximate surface area is 111 Å². The van der Waals surface area contributed by atoms with Gasteiger partial charge in [-0.3, -0.25) is 9.78 Å². The molecule has 4 heteroatoms. The second kappa shape index (κ2) is 5.78. The Bertz CT molecular complexity index is 505. The quantitative estimate of drug-likeness (QED) is 0.773. The number of nitrogens with zero attached hydrogens (tertiary/aromatic N) is 2. The Balaban J connectivity index is 2.14. The van der Waals surface area contributed by atoms with Crippen LogP contribution >= 0.6 is 11.3 Å². The first-order chi connectivity index (χ1) is 8.70. The molecule has 3 nitrogen and oxygen atoms in total. The summed E-state index contributed by atoms with van der Waals surface area (Å²) >= 11 is 1.75. The summed E-state index contributed by atoms with van der Waals surface area (Å²) in [5.74, 6) is 0.00264. The van der Waals surface area contributed by atoms with E-state index in [4.69, 9.17) is 0 Å². The van der Waals surface area contributed by atoms with Crippen molar-refractivity contribution in [3.63, 3.8) is 0 Å². The highest BCUT2D eigenvalue weighted by Crippen LogP contribution is 2.18. The highest BCUT2D eigenvalue weighted by atomic mass is 32.1. The third-order valence-electron chi connectivity index (χ3n) is 2.78. The van der Waals surface area contributed by atoms with Gasteiger partial charge in [-0.25, -0.2) is 0 Å². The summed E-state index contributed by atoms with van der Waals surface area (Å²) in [4.78, 5) is 18.9. The normalized spacial score (nSPS) is 10.3. The highest BCUT2D eigenvalue weighted by molar-refractivity contribution is 7.09. The van der Waals surface area contributed by atoms with Crippen molar-refractivity contribution in [2.75, 3.05) is 11.4 Å². The molecule has 2 heterocycles. The summed E-state index contributed by atoms with van der Waals surface area (Å²) in [5.41, 5.74) is 1.57. The summed E-state index contributed by atoms with van der Waals surface area (Å²) in [6, 6.07) is 7.94. The van der Waals surface area contributed by atoms with Crippen molar-refractivity contribution in [1.82, 2.24) is 4.98 Å². The fourth-order valence-corrected chi connectivity index (χ4v) is 2.48. The topological polar surface area (TPSA) is 33.2 Å². The van der Waals surface area contributed by atoms with Gasteiger partial charge in [0.1, 0.15) is 5.69 Å². The molecule has 0 spiro atoms. The van der Waals surface area contributed by atoms with E-state index in [0.29, 0.717) is 5.69 Å². The van der Waals surface area contributed by atoms with Crippen molar-refractivity contribution in [1.29, 1.82) is 0 Å². The van der Waals surface area contributed by atoms with Gasteiger partial charge >= 0.3 is 0 Å². The Morgan fingerprint density at radius 2 is 2.22 bits per heavy atom. The van der Waals surface area contributed by atoms with Crippen LogP contribution in [-0.4, -0.2) is 17.3 Å².